The molecule has 6 heteroatoms. The number of hydrogen-bond donors (Lipinski definition) is 2. The van der Waals surface area contributed by atoms with Crippen molar-refractivity contribution in [3.05, 3.63) is 0 Å². The molecule has 0 aromatic carbocycles. The summed E-state index contributed by atoms with van der Waals surface area (Å²) in [6.45, 7) is 0.753. The zero-order chi connectivity index (χ0) is 13.3. The van der Waals surface area contributed by atoms with E-state index in [1.807, 2.05) is 0 Å². The van der Waals surface area contributed by atoms with Crippen LogP contribution >= 0.6 is 0 Å². The number of halogens is 2. The van der Waals surface area contributed by atoms with Crippen molar-refractivity contribution in [3.8, 4) is 0 Å². The number of aliphatic hydroxyl groups excluding tert-OH is 1. The van der Waals surface area contributed by atoms with Crippen LogP contribution in [0.25, 0.3) is 0 Å². The molecule has 2 fully saturated rings. The molecule has 1 saturated carbocycles. The fourth-order valence-electron chi connectivity index (χ4n) is 3.03. The number of carboxylic acid groups (broad SMARTS) is 1. The summed E-state index contributed by atoms with van der Waals surface area (Å²) in [5.41, 5.74) is 0. The molecule has 0 bridgehead atoms. The third-order valence-electron chi connectivity index (χ3n) is 4.22. The lowest BCUT2D eigenvalue weighted by Crippen LogP contribution is -2.37. The van der Waals surface area contributed by atoms with Gasteiger partial charge in [0.05, 0.1) is 6.10 Å². The van der Waals surface area contributed by atoms with Gasteiger partial charge in [0.1, 0.15) is 0 Å². The summed E-state index contributed by atoms with van der Waals surface area (Å²) in [5, 5.41) is 19.0. The van der Waals surface area contributed by atoms with Crippen molar-refractivity contribution in [2.24, 2.45) is 11.8 Å². The average molecular weight is 263 g/mol. The first kappa shape index (κ1) is 13.5. The quantitative estimate of drug-likeness (QED) is 0.802. The van der Waals surface area contributed by atoms with E-state index in [2.05, 4.69) is 0 Å². The van der Waals surface area contributed by atoms with Crippen LogP contribution in [0, 0.1) is 11.8 Å². The molecule has 2 N–H and O–H groups in total. The van der Waals surface area contributed by atoms with Gasteiger partial charge in [-0.2, -0.15) is 0 Å². The topological polar surface area (TPSA) is 60.8 Å². The average Bonchev–Trinajstić information content (AvgIpc) is 2.77. The van der Waals surface area contributed by atoms with Gasteiger partial charge in [0.2, 0.25) is 5.92 Å². The molecule has 2 aliphatic rings. The van der Waals surface area contributed by atoms with E-state index >= 15 is 0 Å². The van der Waals surface area contributed by atoms with Crippen LogP contribution in [0.15, 0.2) is 0 Å². The second-order valence-electron chi connectivity index (χ2n) is 5.46. The van der Waals surface area contributed by atoms with Crippen LogP contribution in [0.3, 0.4) is 0 Å². The van der Waals surface area contributed by atoms with Crippen molar-refractivity contribution in [1.82, 2.24) is 4.90 Å². The number of rotatable bonds is 2. The predicted molar refractivity (Wildman–Crippen MR) is 60.6 cm³/mol. The smallest absolute Gasteiger partial charge is 0.407 e. The van der Waals surface area contributed by atoms with Crippen molar-refractivity contribution in [2.45, 2.75) is 44.1 Å². The Morgan fingerprint density at radius 3 is 2.33 bits per heavy atom. The number of likely N-dealkylation sites (tertiary alicyclic amines) is 1. The standard InChI is InChI=1S/C12H19F2NO3/c13-12(14)4-1-8(2-5-12)10(16)9-3-6-15(7-9)11(17)18/h8-10,16H,1-7H2,(H,17,18)/t9-,10+/m1/s1. The molecule has 1 heterocycles. The zero-order valence-electron chi connectivity index (χ0n) is 10.2. The summed E-state index contributed by atoms with van der Waals surface area (Å²) >= 11 is 0. The van der Waals surface area contributed by atoms with Crippen LogP contribution in [-0.4, -0.2) is 46.3 Å². The van der Waals surface area contributed by atoms with Gasteiger partial charge >= 0.3 is 6.09 Å². The van der Waals surface area contributed by atoms with Crippen LogP contribution < -0.4 is 0 Å². The summed E-state index contributed by atoms with van der Waals surface area (Å²) in [6, 6.07) is 0. The number of alkyl halides is 2. The zero-order valence-corrected chi connectivity index (χ0v) is 10.2. The number of hydrogen-bond acceptors (Lipinski definition) is 2. The highest BCUT2D eigenvalue weighted by atomic mass is 19.3. The lowest BCUT2D eigenvalue weighted by atomic mass is 9.79. The lowest BCUT2D eigenvalue weighted by Gasteiger charge is -2.33. The molecule has 1 saturated heterocycles. The van der Waals surface area contributed by atoms with Gasteiger partial charge in [-0.1, -0.05) is 0 Å². The van der Waals surface area contributed by atoms with Gasteiger partial charge < -0.3 is 15.1 Å². The summed E-state index contributed by atoms with van der Waals surface area (Å²) < 4.78 is 26.0. The van der Waals surface area contributed by atoms with Gasteiger partial charge in [-0.05, 0) is 25.2 Å². The van der Waals surface area contributed by atoms with Crippen molar-refractivity contribution in [2.75, 3.05) is 13.1 Å². The van der Waals surface area contributed by atoms with Gasteiger partial charge in [0.25, 0.3) is 0 Å². The fourth-order valence-corrected chi connectivity index (χ4v) is 3.03. The van der Waals surface area contributed by atoms with Crippen LogP contribution in [0.5, 0.6) is 0 Å². The van der Waals surface area contributed by atoms with Crippen molar-refractivity contribution in [3.63, 3.8) is 0 Å². The van der Waals surface area contributed by atoms with Crippen LogP contribution in [0.1, 0.15) is 32.1 Å². The van der Waals surface area contributed by atoms with E-state index in [9.17, 15) is 18.7 Å². The van der Waals surface area contributed by atoms with E-state index in [0.717, 1.165) is 0 Å². The largest absolute Gasteiger partial charge is 0.465 e. The van der Waals surface area contributed by atoms with Gasteiger partial charge in [0, 0.05) is 31.8 Å². The molecule has 0 unspecified atom stereocenters. The number of aliphatic hydroxyl groups is 1. The molecule has 18 heavy (non-hydrogen) atoms. The fraction of sp³-hybridized carbons (Fsp3) is 0.917. The first-order chi connectivity index (χ1) is 8.39. The molecule has 2 rings (SSSR count). The SMILES string of the molecule is O=C(O)N1CC[C@@H]([C@@H](O)C2CCC(F)(F)CC2)C1. The van der Waals surface area contributed by atoms with E-state index in [1.54, 1.807) is 0 Å². The van der Waals surface area contributed by atoms with Gasteiger partial charge in [-0.3, -0.25) is 0 Å². The summed E-state index contributed by atoms with van der Waals surface area (Å²) in [4.78, 5) is 12.1. The van der Waals surface area contributed by atoms with Crippen LogP contribution in [-0.2, 0) is 0 Å². The van der Waals surface area contributed by atoms with E-state index < -0.39 is 18.1 Å². The molecule has 0 aromatic rings. The second-order valence-corrected chi connectivity index (χ2v) is 5.46. The molecule has 2 atom stereocenters. The number of carbonyl (C=O) groups is 1. The normalized spacial score (nSPS) is 30.4. The molecule has 0 spiro atoms. The van der Waals surface area contributed by atoms with Crippen molar-refractivity contribution in [1.29, 1.82) is 0 Å². The monoisotopic (exact) mass is 263 g/mol. The molecule has 1 amide bonds. The summed E-state index contributed by atoms with van der Waals surface area (Å²) in [5.74, 6) is -2.79. The Morgan fingerprint density at radius 2 is 1.83 bits per heavy atom. The highest BCUT2D eigenvalue weighted by Crippen LogP contribution is 2.39. The van der Waals surface area contributed by atoms with Crippen molar-refractivity contribution < 1.29 is 23.8 Å². The van der Waals surface area contributed by atoms with Gasteiger partial charge in [-0.15, -0.1) is 0 Å². The third-order valence-corrected chi connectivity index (χ3v) is 4.22. The molecular formula is C12H19F2NO3. The molecule has 1 aliphatic heterocycles. The third kappa shape index (κ3) is 2.91. The summed E-state index contributed by atoms with van der Waals surface area (Å²) in [6.07, 6.45) is -0.658. The molecule has 1 aliphatic carbocycles. The lowest BCUT2D eigenvalue weighted by molar-refractivity contribution is -0.0693. The van der Waals surface area contributed by atoms with E-state index in [1.165, 1.54) is 4.90 Å². The Bertz CT molecular complexity index is 314. The predicted octanol–water partition coefficient (Wildman–Crippen LogP) is 2.17. The highest BCUT2D eigenvalue weighted by molar-refractivity contribution is 5.65. The maximum Gasteiger partial charge on any atom is 0.407 e. The molecule has 104 valence electrons. The Labute approximate surface area is 105 Å². The minimum Gasteiger partial charge on any atom is -0.465 e. The van der Waals surface area contributed by atoms with E-state index in [4.69, 9.17) is 5.11 Å². The Morgan fingerprint density at radius 1 is 1.22 bits per heavy atom. The summed E-state index contributed by atoms with van der Waals surface area (Å²) in [7, 11) is 0. The number of amides is 1. The number of nitrogens with zero attached hydrogens (tertiary/aromatic N) is 1. The minimum absolute atomic E-state index is 0.0992. The Balaban J connectivity index is 1.85. The van der Waals surface area contributed by atoms with Gasteiger partial charge in [-0.25, -0.2) is 13.6 Å². The Hall–Kier alpha value is -0.910. The first-order valence-electron chi connectivity index (χ1n) is 6.43. The molecule has 0 radical (unpaired) electrons. The second kappa shape index (κ2) is 4.99. The maximum atomic E-state index is 13.0. The molecule has 0 aromatic heterocycles. The first-order valence-corrected chi connectivity index (χ1v) is 6.43. The van der Waals surface area contributed by atoms with E-state index in [0.29, 0.717) is 32.4 Å². The maximum absolute atomic E-state index is 13.0. The van der Waals surface area contributed by atoms with Crippen LogP contribution in [0.2, 0.25) is 0 Å². The minimum atomic E-state index is -2.58. The van der Waals surface area contributed by atoms with Crippen molar-refractivity contribution >= 4 is 6.09 Å². The molecule has 4 nitrogen and oxygen atoms in total. The highest BCUT2D eigenvalue weighted by Gasteiger charge is 2.41. The van der Waals surface area contributed by atoms with Gasteiger partial charge in [0.15, 0.2) is 0 Å². The Kier molecular flexibility index (Phi) is 3.75. The van der Waals surface area contributed by atoms with Crippen LogP contribution in [0.4, 0.5) is 13.6 Å². The molecular weight excluding hydrogens is 244 g/mol. The van der Waals surface area contributed by atoms with E-state index in [-0.39, 0.29) is 24.7 Å².